The lowest BCUT2D eigenvalue weighted by atomic mass is 9.92. The summed E-state index contributed by atoms with van der Waals surface area (Å²) >= 11 is 0. The minimum absolute atomic E-state index is 0.379. The summed E-state index contributed by atoms with van der Waals surface area (Å²) in [7, 11) is 0. The highest BCUT2D eigenvalue weighted by Gasteiger charge is 2.56. The molecule has 0 aliphatic heterocycles. The van der Waals surface area contributed by atoms with Gasteiger partial charge < -0.3 is 0 Å². The van der Waals surface area contributed by atoms with Crippen molar-refractivity contribution >= 4 is 5.78 Å². The quantitative estimate of drug-likeness (QED) is 0.793. The molecule has 19 heavy (non-hydrogen) atoms. The van der Waals surface area contributed by atoms with E-state index in [1.807, 2.05) is 0 Å². The second kappa shape index (κ2) is 4.47. The van der Waals surface area contributed by atoms with Crippen LogP contribution in [0.2, 0.25) is 0 Å². The Labute approximate surface area is 115 Å². The highest BCUT2D eigenvalue weighted by molar-refractivity contribution is 5.86. The molecule has 3 aliphatic carbocycles. The maximum atomic E-state index is 12.5. The Kier molecular flexibility index (Phi) is 2.75. The third-order valence-electron chi connectivity index (χ3n) is 5.67. The first-order valence-corrected chi connectivity index (χ1v) is 7.95. The highest BCUT2D eigenvalue weighted by atomic mass is 16.1. The van der Waals surface area contributed by atoms with Gasteiger partial charge in [-0.05, 0) is 41.7 Å². The number of ketones is 1. The highest BCUT2D eigenvalue weighted by Crippen LogP contribution is 2.60. The Morgan fingerprint density at radius 2 is 1.89 bits per heavy atom. The zero-order chi connectivity index (χ0) is 12.8. The molecule has 3 atom stereocenters. The van der Waals surface area contributed by atoms with Crippen LogP contribution in [0.4, 0.5) is 0 Å². The summed E-state index contributed by atoms with van der Waals surface area (Å²) in [6.45, 7) is 0. The van der Waals surface area contributed by atoms with Gasteiger partial charge in [0, 0.05) is 12.3 Å². The zero-order valence-corrected chi connectivity index (χ0v) is 11.5. The molecule has 4 rings (SSSR count). The van der Waals surface area contributed by atoms with Gasteiger partial charge >= 0.3 is 0 Å². The molecule has 100 valence electrons. The lowest BCUT2D eigenvalue weighted by Gasteiger charge is -2.13. The first-order valence-electron chi connectivity index (χ1n) is 7.95. The number of carbonyl (C=O) groups excluding carboxylic acids is 1. The Bertz CT molecular complexity index is 498. The minimum Gasteiger partial charge on any atom is -0.299 e. The standard InChI is InChI=1S/C18H22O/c19-16(11-12-5-1-2-6-12)18-15-10-9-13-7-3-4-8-14(13)17(15)18/h3-4,7-8,12,15,17-18H,1-2,5-6,9-11H2. The van der Waals surface area contributed by atoms with Crippen LogP contribution < -0.4 is 0 Å². The van der Waals surface area contributed by atoms with E-state index in [0.29, 0.717) is 29.5 Å². The predicted molar refractivity (Wildman–Crippen MR) is 76.1 cm³/mol. The van der Waals surface area contributed by atoms with Crippen molar-refractivity contribution in [1.82, 2.24) is 0 Å². The third-order valence-corrected chi connectivity index (χ3v) is 5.67. The average molecular weight is 254 g/mol. The van der Waals surface area contributed by atoms with Crippen molar-refractivity contribution in [2.24, 2.45) is 17.8 Å². The molecule has 0 aromatic heterocycles. The van der Waals surface area contributed by atoms with E-state index in [1.54, 1.807) is 0 Å². The van der Waals surface area contributed by atoms with Crippen molar-refractivity contribution in [1.29, 1.82) is 0 Å². The summed E-state index contributed by atoms with van der Waals surface area (Å²) < 4.78 is 0. The van der Waals surface area contributed by atoms with Crippen LogP contribution in [0.1, 0.15) is 55.6 Å². The van der Waals surface area contributed by atoms with E-state index in [1.165, 1.54) is 49.7 Å². The van der Waals surface area contributed by atoms with Gasteiger partial charge in [0.15, 0.2) is 0 Å². The Morgan fingerprint density at radius 1 is 1.11 bits per heavy atom. The molecule has 0 heterocycles. The maximum absolute atomic E-state index is 12.5. The second-order valence-corrected chi connectivity index (χ2v) is 6.77. The van der Waals surface area contributed by atoms with Gasteiger partial charge in [0.2, 0.25) is 0 Å². The first kappa shape index (κ1) is 11.7. The summed E-state index contributed by atoms with van der Waals surface area (Å²) in [5, 5.41) is 0. The molecule has 1 aromatic carbocycles. The molecule has 3 aliphatic rings. The third kappa shape index (κ3) is 1.94. The normalized spacial score (nSPS) is 32.7. The summed E-state index contributed by atoms with van der Waals surface area (Å²) in [5.41, 5.74) is 2.99. The van der Waals surface area contributed by atoms with E-state index in [2.05, 4.69) is 24.3 Å². The van der Waals surface area contributed by atoms with Gasteiger partial charge in [-0.25, -0.2) is 0 Å². The van der Waals surface area contributed by atoms with Gasteiger partial charge in [-0.15, -0.1) is 0 Å². The fourth-order valence-corrected chi connectivity index (χ4v) is 4.64. The molecule has 1 aromatic rings. The molecule has 2 fully saturated rings. The Hall–Kier alpha value is -1.11. The molecule has 0 bridgehead atoms. The predicted octanol–water partition coefficient (Wildman–Crippen LogP) is 4.11. The summed E-state index contributed by atoms with van der Waals surface area (Å²) in [5.74, 6) is 2.94. The SMILES string of the molecule is O=C(CC1CCCC1)C1C2CCc3ccccc3C21. The summed E-state index contributed by atoms with van der Waals surface area (Å²) in [4.78, 5) is 12.5. The van der Waals surface area contributed by atoms with E-state index < -0.39 is 0 Å². The van der Waals surface area contributed by atoms with E-state index in [4.69, 9.17) is 0 Å². The number of aryl methyl sites for hydroxylation is 1. The van der Waals surface area contributed by atoms with Crippen LogP contribution in [0.3, 0.4) is 0 Å². The van der Waals surface area contributed by atoms with Crippen LogP contribution in [0.5, 0.6) is 0 Å². The number of carbonyl (C=O) groups is 1. The van der Waals surface area contributed by atoms with Gasteiger partial charge in [0.25, 0.3) is 0 Å². The molecule has 0 N–H and O–H groups in total. The lowest BCUT2D eigenvalue weighted by Crippen LogP contribution is -2.08. The fraction of sp³-hybridized carbons (Fsp3) is 0.611. The van der Waals surface area contributed by atoms with E-state index in [-0.39, 0.29) is 0 Å². The number of hydrogen-bond acceptors (Lipinski definition) is 1. The molecule has 1 nitrogen and oxygen atoms in total. The van der Waals surface area contributed by atoms with Gasteiger partial charge in [0.1, 0.15) is 5.78 Å². The zero-order valence-electron chi connectivity index (χ0n) is 11.5. The number of fused-ring (bicyclic) bond motifs is 3. The van der Waals surface area contributed by atoms with Crippen LogP contribution in [-0.2, 0) is 11.2 Å². The number of Topliss-reactive ketones (excluding diaryl/α,β-unsaturated/α-hetero) is 1. The monoisotopic (exact) mass is 254 g/mol. The minimum atomic E-state index is 0.379. The molecule has 0 saturated heterocycles. The first-order chi connectivity index (χ1) is 9.34. The van der Waals surface area contributed by atoms with Crippen molar-refractivity contribution in [2.75, 3.05) is 0 Å². The molecule has 0 amide bonds. The molecule has 0 radical (unpaired) electrons. The average Bonchev–Trinajstić information content (AvgIpc) is 2.98. The van der Waals surface area contributed by atoms with E-state index in [0.717, 1.165) is 6.42 Å². The molecular weight excluding hydrogens is 232 g/mol. The van der Waals surface area contributed by atoms with Gasteiger partial charge in [-0.3, -0.25) is 4.79 Å². The van der Waals surface area contributed by atoms with Crippen molar-refractivity contribution in [2.45, 2.75) is 50.9 Å². The fourth-order valence-electron chi connectivity index (χ4n) is 4.64. The van der Waals surface area contributed by atoms with Crippen LogP contribution >= 0.6 is 0 Å². The van der Waals surface area contributed by atoms with Gasteiger partial charge in [-0.2, -0.15) is 0 Å². The largest absolute Gasteiger partial charge is 0.299 e. The Balaban J connectivity index is 1.49. The Morgan fingerprint density at radius 3 is 2.74 bits per heavy atom. The topological polar surface area (TPSA) is 17.1 Å². The van der Waals surface area contributed by atoms with Crippen LogP contribution in [-0.4, -0.2) is 5.78 Å². The van der Waals surface area contributed by atoms with Crippen molar-refractivity contribution in [3.63, 3.8) is 0 Å². The van der Waals surface area contributed by atoms with Crippen molar-refractivity contribution in [3.05, 3.63) is 35.4 Å². The summed E-state index contributed by atoms with van der Waals surface area (Å²) in [6, 6.07) is 8.78. The smallest absolute Gasteiger partial charge is 0.137 e. The molecule has 1 heteroatoms. The molecule has 2 saturated carbocycles. The number of hydrogen-bond donors (Lipinski definition) is 0. The van der Waals surface area contributed by atoms with E-state index >= 15 is 0 Å². The lowest BCUT2D eigenvalue weighted by molar-refractivity contribution is -0.121. The molecular formula is C18H22O. The van der Waals surface area contributed by atoms with Crippen LogP contribution in [0.25, 0.3) is 0 Å². The number of benzene rings is 1. The molecule has 3 unspecified atom stereocenters. The van der Waals surface area contributed by atoms with Crippen LogP contribution in [0.15, 0.2) is 24.3 Å². The van der Waals surface area contributed by atoms with Gasteiger partial charge in [0.05, 0.1) is 0 Å². The van der Waals surface area contributed by atoms with E-state index in [9.17, 15) is 4.79 Å². The van der Waals surface area contributed by atoms with Crippen molar-refractivity contribution < 1.29 is 4.79 Å². The molecule has 0 spiro atoms. The van der Waals surface area contributed by atoms with Gasteiger partial charge in [-0.1, -0.05) is 49.9 Å². The second-order valence-electron chi connectivity index (χ2n) is 6.77. The van der Waals surface area contributed by atoms with Crippen molar-refractivity contribution in [3.8, 4) is 0 Å². The maximum Gasteiger partial charge on any atom is 0.137 e. The summed E-state index contributed by atoms with van der Waals surface area (Å²) in [6.07, 6.45) is 8.58. The van der Waals surface area contributed by atoms with Crippen LogP contribution in [0, 0.1) is 17.8 Å². The number of rotatable bonds is 3.